The summed E-state index contributed by atoms with van der Waals surface area (Å²) in [7, 11) is 0. The quantitative estimate of drug-likeness (QED) is 0.569. The van der Waals surface area contributed by atoms with Gasteiger partial charge in [0.2, 0.25) is 0 Å². The van der Waals surface area contributed by atoms with Gasteiger partial charge in [0.15, 0.2) is 0 Å². The van der Waals surface area contributed by atoms with Crippen LogP contribution >= 0.6 is 0 Å². The standard InChI is InChI=1S/C6H3F3N2/c7-6(8,9)11-2-1-5(3-10)4-11/h1-2,4H. The van der Waals surface area contributed by atoms with E-state index >= 15 is 0 Å². The van der Waals surface area contributed by atoms with Crippen molar-refractivity contribution in [2.45, 2.75) is 6.30 Å². The first-order chi connectivity index (χ1) is 5.04. The van der Waals surface area contributed by atoms with Crippen LogP contribution in [0.3, 0.4) is 0 Å². The molecule has 0 aromatic carbocycles. The van der Waals surface area contributed by atoms with Crippen LogP contribution in [0.1, 0.15) is 5.56 Å². The van der Waals surface area contributed by atoms with Gasteiger partial charge in [-0.05, 0) is 6.07 Å². The topological polar surface area (TPSA) is 28.7 Å². The molecule has 0 aliphatic rings. The lowest BCUT2D eigenvalue weighted by molar-refractivity contribution is -0.203. The predicted octanol–water partition coefficient (Wildman–Crippen LogP) is 1.84. The minimum atomic E-state index is -4.42. The lowest BCUT2D eigenvalue weighted by Crippen LogP contribution is -2.13. The summed E-state index contributed by atoms with van der Waals surface area (Å²) in [6.07, 6.45) is -2.88. The van der Waals surface area contributed by atoms with Gasteiger partial charge >= 0.3 is 6.30 Å². The van der Waals surface area contributed by atoms with Gasteiger partial charge in [0.25, 0.3) is 0 Å². The Morgan fingerprint density at radius 1 is 1.45 bits per heavy atom. The average Bonchev–Trinajstić information content (AvgIpc) is 2.32. The Labute approximate surface area is 60.5 Å². The number of rotatable bonds is 0. The molecule has 58 valence electrons. The Hall–Kier alpha value is -1.44. The van der Waals surface area contributed by atoms with E-state index in [-0.39, 0.29) is 10.1 Å². The minimum absolute atomic E-state index is 0.00215. The van der Waals surface area contributed by atoms with Crippen molar-refractivity contribution >= 4 is 0 Å². The van der Waals surface area contributed by atoms with Crippen LogP contribution in [0, 0.1) is 11.3 Å². The average molecular weight is 160 g/mol. The van der Waals surface area contributed by atoms with Crippen molar-refractivity contribution in [1.29, 1.82) is 5.26 Å². The second-order valence-corrected chi connectivity index (χ2v) is 1.89. The molecule has 0 spiro atoms. The zero-order valence-corrected chi connectivity index (χ0v) is 5.26. The van der Waals surface area contributed by atoms with E-state index in [1.165, 1.54) is 0 Å². The number of nitriles is 1. The molecule has 0 unspecified atom stereocenters. The maximum absolute atomic E-state index is 11.8. The molecule has 0 amide bonds. The van der Waals surface area contributed by atoms with Gasteiger partial charge in [0.05, 0.1) is 5.56 Å². The summed E-state index contributed by atoms with van der Waals surface area (Å²) in [5, 5.41) is 8.19. The van der Waals surface area contributed by atoms with Crippen molar-refractivity contribution < 1.29 is 13.2 Å². The summed E-state index contributed by atoms with van der Waals surface area (Å²) < 4.78 is 35.4. The predicted molar refractivity (Wildman–Crippen MR) is 30.4 cm³/mol. The fourth-order valence-electron chi connectivity index (χ4n) is 0.620. The molecule has 0 radical (unpaired) electrons. The molecule has 0 atom stereocenters. The Morgan fingerprint density at radius 3 is 2.36 bits per heavy atom. The van der Waals surface area contributed by atoms with E-state index in [9.17, 15) is 13.2 Å². The minimum Gasteiger partial charge on any atom is -0.265 e. The first-order valence-electron chi connectivity index (χ1n) is 2.69. The Morgan fingerprint density at radius 2 is 2.09 bits per heavy atom. The van der Waals surface area contributed by atoms with E-state index in [0.717, 1.165) is 18.5 Å². The number of halogens is 3. The third-order valence-electron chi connectivity index (χ3n) is 1.11. The lowest BCUT2D eigenvalue weighted by atomic mass is 10.4. The number of nitrogens with zero attached hydrogens (tertiary/aromatic N) is 2. The van der Waals surface area contributed by atoms with Crippen LogP contribution in [-0.2, 0) is 6.30 Å². The molecule has 5 heteroatoms. The van der Waals surface area contributed by atoms with Crippen molar-refractivity contribution in [3.63, 3.8) is 0 Å². The van der Waals surface area contributed by atoms with E-state index in [1.807, 2.05) is 0 Å². The fraction of sp³-hybridized carbons (Fsp3) is 0.167. The summed E-state index contributed by atoms with van der Waals surface area (Å²) in [5.41, 5.74) is 0.00215. The molecule has 1 aromatic heterocycles. The van der Waals surface area contributed by atoms with E-state index in [2.05, 4.69) is 0 Å². The van der Waals surface area contributed by atoms with Gasteiger partial charge in [-0.15, -0.1) is 13.2 Å². The normalized spacial score (nSPS) is 11.1. The maximum Gasteiger partial charge on any atom is 0.488 e. The number of aromatic nitrogens is 1. The highest BCUT2D eigenvalue weighted by atomic mass is 19.4. The second-order valence-electron chi connectivity index (χ2n) is 1.89. The highest BCUT2D eigenvalue weighted by Gasteiger charge is 2.29. The van der Waals surface area contributed by atoms with Crippen LogP contribution < -0.4 is 0 Å². The van der Waals surface area contributed by atoms with Crippen LogP contribution in [0.15, 0.2) is 18.5 Å². The molecule has 0 aliphatic heterocycles. The zero-order chi connectivity index (χ0) is 8.48. The second kappa shape index (κ2) is 2.31. The van der Waals surface area contributed by atoms with Crippen molar-refractivity contribution in [3.05, 3.63) is 24.0 Å². The van der Waals surface area contributed by atoms with Crippen LogP contribution in [0.5, 0.6) is 0 Å². The third kappa shape index (κ3) is 1.52. The highest BCUT2D eigenvalue weighted by Crippen LogP contribution is 2.22. The monoisotopic (exact) mass is 160 g/mol. The van der Waals surface area contributed by atoms with Crippen molar-refractivity contribution in [2.24, 2.45) is 0 Å². The van der Waals surface area contributed by atoms with Gasteiger partial charge in [-0.3, -0.25) is 4.57 Å². The van der Waals surface area contributed by atoms with Crippen LogP contribution in [-0.4, -0.2) is 4.57 Å². The zero-order valence-electron chi connectivity index (χ0n) is 5.26. The molecular weight excluding hydrogens is 157 g/mol. The molecular formula is C6H3F3N2. The molecule has 0 aliphatic carbocycles. The molecule has 0 saturated heterocycles. The Balaban J connectivity index is 3.01. The van der Waals surface area contributed by atoms with Gasteiger partial charge in [0.1, 0.15) is 6.07 Å². The summed E-state index contributed by atoms with van der Waals surface area (Å²) in [4.78, 5) is 0. The maximum atomic E-state index is 11.8. The fourth-order valence-corrected chi connectivity index (χ4v) is 0.620. The molecule has 1 heterocycles. The van der Waals surface area contributed by atoms with Crippen LogP contribution in [0.25, 0.3) is 0 Å². The lowest BCUT2D eigenvalue weighted by Gasteiger charge is -2.05. The summed E-state index contributed by atoms with van der Waals surface area (Å²) >= 11 is 0. The van der Waals surface area contributed by atoms with E-state index in [4.69, 9.17) is 5.26 Å². The Kier molecular flexibility index (Phi) is 1.61. The molecule has 0 N–H and O–H groups in total. The smallest absolute Gasteiger partial charge is 0.265 e. The van der Waals surface area contributed by atoms with Gasteiger partial charge in [-0.1, -0.05) is 0 Å². The molecule has 1 rings (SSSR count). The Bertz CT molecular complexity index is 292. The SMILES string of the molecule is N#Cc1ccn(C(F)(F)F)c1. The van der Waals surface area contributed by atoms with Crippen LogP contribution in [0.2, 0.25) is 0 Å². The van der Waals surface area contributed by atoms with E-state index in [1.54, 1.807) is 6.07 Å². The molecule has 0 saturated carbocycles. The molecule has 0 bridgehead atoms. The molecule has 2 nitrogen and oxygen atoms in total. The number of hydrogen-bond acceptors (Lipinski definition) is 1. The van der Waals surface area contributed by atoms with Crippen LogP contribution in [0.4, 0.5) is 13.2 Å². The van der Waals surface area contributed by atoms with Gasteiger partial charge < -0.3 is 0 Å². The van der Waals surface area contributed by atoms with Gasteiger partial charge in [-0.2, -0.15) is 5.26 Å². The summed E-state index contributed by atoms with van der Waals surface area (Å²) in [6.45, 7) is 0. The molecule has 1 aromatic rings. The van der Waals surface area contributed by atoms with E-state index in [0.29, 0.717) is 0 Å². The highest BCUT2D eigenvalue weighted by molar-refractivity contribution is 5.25. The first kappa shape index (κ1) is 7.66. The van der Waals surface area contributed by atoms with Crippen molar-refractivity contribution in [1.82, 2.24) is 4.57 Å². The van der Waals surface area contributed by atoms with Crippen molar-refractivity contribution in [2.75, 3.05) is 0 Å². The third-order valence-corrected chi connectivity index (χ3v) is 1.11. The van der Waals surface area contributed by atoms with Gasteiger partial charge in [0, 0.05) is 12.4 Å². The largest absolute Gasteiger partial charge is 0.488 e. The van der Waals surface area contributed by atoms with Crippen molar-refractivity contribution in [3.8, 4) is 6.07 Å². The van der Waals surface area contributed by atoms with Gasteiger partial charge in [-0.25, -0.2) is 0 Å². The summed E-state index contributed by atoms with van der Waals surface area (Å²) in [5.74, 6) is 0. The first-order valence-corrected chi connectivity index (χ1v) is 2.69. The number of alkyl halides is 3. The summed E-state index contributed by atoms with van der Waals surface area (Å²) in [6, 6.07) is 2.70. The molecule has 0 fully saturated rings. The van der Waals surface area contributed by atoms with E-state index < -0.39 is 6.30 Å². The number of hydrogen-bond donors (Lipinski definition) is 0. The molecule has 11 heavy (non-hydrogen) atoms.